The maximum absolute atomic E-state index is 13.7. The normalized spacial score (nSPS) is 15.3. The maximum atomic E-state index is 13.7. The number of halogens is 1. The van der Waals surface area contributed by atoms with Crippen molar-refractivity contribution in [1.82, 2.24) is 4.90 Å². The van der Waals surface area contributed by atoms with Crippen LogP contribution in [0.4, 0.5) is 5.69 Å². The molecule has 32 heavy (non-hydrogen) atoms. The number of ketones is 1. The molecule has 3 aromatic carbocycles. The van der Waals surface area contributed by atoms with Crippen LogP contribution in [0.1, 0.15) is 22.0 Å². The molecule has 0 radical (unpaired) electrons. The molecule has 0 bridgehead atoms. The summed E-state index contributed by atoms with van der Waals surface area (Å²) in [6.45, 7) is 3.31. The number of carbonyl (C=O) groups is 1. The Morgan fingerprint density at radius 3 is 2.16 bits per heavy atom. The van der Waals surface area contributed by atoms with Crippen LogP contribution >= 0.6 is 15.9 Å². The van der Waals surface area contributed by atoms with Crippen LogP contribution in [-0.4, -0.2) is 51.1 Å². The van der Waals surface area contributed by atoms with Crippen LogP contribution in [0, 0.1) is 0 Å². The fourth-order valence-electron chi connectivity index (χ4n) is 4.17. The van der Waals surface area contributed by atoms with Crippen LogP contribution in [0.25, 0.3) is 0 Å². The van der Waals surface area contributed by atoms with Gasteiger partial charge in [0.2, 0.25) is 0 Å². The maximum Gasteiger partial charge on any atom is 0.184 e. The van der Waals surface area contributed by atoms with Crippen molar-refractivity contribution >= 4 is 27.4 Å². The molecule has 1 fully saturated rings. The Balaban J connectivity index is 1.55. The lowest BCUT2D eigenvalue weighted by Crippen LogP contribution is -2.49. The van der Waals surface area contributed by atoms with E-state index in [-0.39, 0.29) is 11.8 Å². The largest absolute Gasteiger partial charge is 0.497 e. The van der Waals surface area contributed by atoms with Crippen molar-refractivity contribution in [1.29, 1.82) is 0 Å². The van der Waals surface area contributed by atoms with Gasteiger partial charge in [0.1, 0.15) is 11.5 Å². The Morgan fingerprint density at radius 1 is 0.875 bits per heavy atom. The molecule has 1 aliphatic rings. The molecule has 1 aliphatic heterocycles. The molecule has 1 unspecified atom stereocenters. The first-order chi connectivity index (χ1) is 15.6. The third-order valence-corrected chi connectivity index (χ3v) is 6.54. The number of ether oxygens (including phenoxy) is 2. The lowest BCUT2D eigenvalue weighted by molar-refractivity contribution is 0.0806. The average molecular weight is 495 g/mol. The highest BCUT2D eigenvalue weighted by Crippen LogP contribution is 2.31. The van der Waals surface area contributed by atoms with E-state index in [4.69, 9.17) is 9.47 Å². The third-order valence-electron chi connectivity index (χ3n) is 5.92. The fraction of sp³-hybridized carbons (Fsp3) is 0.269. The van der Waals surface area contributed by atoms with Gasteiger partial charge in [-0.3, -0.25) is 9.69 Å². The van der Waals surface area contributed by atoms with Crippen molar-refractivity contribution in [2.75, 3.05) is 45.3 Å². The number of anilines is 1. The van der Waals surface area contributed by atoms with Gasteiger partial charge in [-0.1, -0.05) is 30.3 Å². The van der Waals surface area contributed by atoms with Crippen molar-refractivity contribution in [3.63, 3.8) is 0 Å². The van der Waals surface area contributed by atoms with E-state index in [0.717, 1.165) is 42.0 Å². The highest BCUT2D eigenvalue weighted by molar-refractivity contribution is 9.10. The summed E-state index contributed by atoms with van der Waals surface area (Å²) in [5.74, 6) is 1.66. The third kappa shape index (κ3) is 4.81. The van der Waals surface area contributed by atoms with Crippen molar-refractivity contribution in [2.24, 2.45) is 0 Å². The quantitative estimate of drug-likeness (QED) is 0.421. The van der Waals surface area contributed by atoms with Gasteiger partial charge >= 0.3 is 0 Å². The van der Waals surface area contributed by atoms with Crippen molar-refractivity contribution < 1.29 is 14.3 Å². The molecule has 0 aliphatic carbocycles. The molecule has 166 valence electrons. The summed E-state index contributed by atoms with van der Waals surface area (Å²) in [4.78, 5) is 18.3. The Bertz CT molecular complexity index is 1050. The van der Waals surface area contributed by atoms with E-state index >= 15 is 0 Å². The molecule has 0 saturated carbocycles. The summed E-state index contributed by atoms with van der Waals surface area (Å²) in [5, 5.41) is 0. The monoisotopic (exact) mass is 494 g/mol. The Labute approximate surface area is 197 Å². The minimum atomic E-state index is -0.325. The highest BCUT2D eigenvalue weighted by Gasteiger charge is 2.31. The number of rotatable bonds is 7. The van der Waals surface area contributed by atoms with E-state index in [1.54, 1.807) is 14.2 Å². The van der Waals surface area contributed by atoms with E-state index < -0.39 is 0 Å². The zero-order valence-corrected chi connectivity index (χ0v) is 19.9. The van der Waals surface area contributed by atoms with Gasteiger partial charge in [0, 0.05) is 37.4 Å². The van der Waals surface area contributed by atoms with E-state index in [2.05, 4.69) is 37.9 Å². The first kappa shape index (κ1) is 22.4. The van der Waals surface area contributed by atoms with Crippen LogP contribution < -0.4 is 14.4 Å². The Kier molecular flexibility index (Phi) is 7.12. The summed E-state index contributed by atoms with van der Waals surface area (Å²) in [6, 6.07) is 23.4. The molecule has 4 rings (SSSR count). The second-order valence-corrected chi connectivity index (χ2v) is 8.60. The molecule has 1 atom stereocenters. The molecule has 6 heteroatoms. The number of benzene rings is 3. The van der Waals surface area contributed by atoms with Gasteiger partial charge in [0.15, 0.2) is 5.78 Å². The van der Waals surface area contributed by atoms with Gasteiger partial charge in [0.25, 0.3) is 0 Å². The van der Waals surface area contributed by atoms with Gasteiger partial charge in [-0.2, -0.15) is 0 Å². The average Bonchev–Trinajstić information content (AvgIpc) is 2.85. The van der Waals surface area contributed by atoms with E-state index in [9.17, 15) is 4.79 Å². The first-order valence-electron chi connectivity index (χ1n) is 10.7. The number of piperazine rings is 1. The number of carbonyl (C=O) groups excluding carboxylic acids is 1. The molecule has 0 N–H and O–H groups in total. The standard InChI is InChI=1S/C26H27BrN2O3/c1-31-22-11-9-21(10-12-22)28-14-16-29(17-15-28)25(19-6-4-3-5-7-19)26(30)20-8-13-24(32-2)23(27)18-20/h3-13,18,25H,14-17H2,1-2H3. The van der Waals surface area contributed by atoms with Crippen molar-refractivity contribution in [2.45, 2.75) is 6.04 Å². The van der Waals surface area contributed by atoms with Crippen LogP contribution in [0.5, 0.6) is 11.5 Å². The number of hydrogen-bond acceptors (Lipinski definition) is 5. The molecule has 1 saturated heterocycles. The van der Waals surface area contributed by atoms with Gasteiger partial charge in [-0.25, -0.2) is 0 Å². The number of nitrogens with zero attached hydrogens (tertiary/aromatic N) is 2. The smallest absolute Gasteiger partial charge is 0.184 e. The molecule has 0 spiro atoms. The van der Waals surface area contributed by atoms with Crippen molar-refractivity contribution in [3.8, 4) is 11.5 Å². The summed E-state index contributed by atoms with van der Waals surface area (Å²) >= 11 is 3.51. The number of Topliss-reactive ketones (excluding diaryl/α,β-unsaturated/α-hetero) is 1. The minimum absolute atomic E-state index is 0.0949. The molecule has 5 nitrogen and oxygen atoms in total. The first-order valence-corrected chi connectivity index (χ1v) is 11.5. The minimum Gasteiger partial charge on any atom is -0.497 e. The van der Waals surface area contributed by atoms with Gasteiger partial charge < -0.3 is 14.4 Å². The molecule has 3 aromatic rings. The van der Waals surface area contributed by atoms with E-state index in [0.29, 0.717) is 11.3 Å². The summed E-state index contributed by atoms with van der Waals surface area (Å²) in [7, 11) is 3.30. The van der Waals surface area contributed by atoms with Crippen LogP contribution in [0.2, 0.25) is 0 Å². The topological polar surface area (TPSA) is 42.0 Å². The van der Waals surface area contributed by atoms with Crippen molar-refractivity contribution in [3.05, 3.63) is 88.4 Å². The SMILES string of the molecule is COc1ccc(N2CCN(C(C(=O)c3ccc(OC)c(Br)c3)c3ccccc3)CC2)cc1. The van der Waals surface area contributed by atoms with E-state index in [1.807, 2.05) is 60.7 Å². The summed E-state index contributed by atoms with van der Waals surface area (Å²) < 4.78 is 11.4. The van der Waals surface area contributed by atoms with Crippen LogP contribution in [0.15, 0.2) is 77.3 Å². The summed E-state index contributed by atoms with van der Waals surface area (Å²) in [5.41, 5.74) is 2.86. The number of hydrogen-bond donors (Lipinski definition) is 0. The van der Waals surface area contributed by atoms with Gasteiger partial charge in [0.05, 0.1) is 24.7 Å². The molecule has 0 amide bonds. The van der Waals surface area contributed by atoms with Gasteiger partial charge in [-0.05, 0) is 64.0 Å². The lowest BCUT2D eigenvalue weighted by atomic mass is 9.95. The summed E-state index contributed by atoms with van der Waals surface area (Å²) in [6.07, 6.45) is 0. The molecular formula is C26H27BrN2O3. The second kappa shape index (κ2) is 10.2. The predicted octanol–water partition coefficient (Wildman–Crippen LogP) is 5.21. The molecular weight excluding hydrogens is 468 g/mol. The molecule has 1 heterocycles. The highest BCUT2D eigenvalue weighted by atomic mass is 79.9. The van der Waals surface area contributed by atoms with Crippen LogP contribution in [0.3, 0.4) is 0 Å². The Morgan fingerprint density at radius 2 is 1.56 bits per heavy atom. The zero-order chi connectivity index (χ0) is 22.5. The zero-order valence-electron chi connectivity index (χ0n) is 18.3. The second-order valence-electron chi connectivity index (χ2n) is 7.75. The fourth-order valence-corrected chi connectivity index (χ4v) is 4.71. The Hall–Kier alpha value is -2.83. The van der Waals surface area contributed by atoms with Crippen LogP contribution in [-0.2, 0) is 0 Å². The lowest BCUT2D eigenvalue weighted by Gasteiger charge is -2.40. The van der Waals surface area contributed by atoms with E-state index in [1.165, 1.54) is 5.69 Å². The molecule has 0 aromatic heterocycles. The number of methoxy groups -OCH3 is 2. The van der Waals surface area contributed by atoms with Gasteiger partial charge in [-0.15, -0.1) is 0 Å². The predicted molar refractivity (Wildman–Crippen MR) is 131 cm³/mol.